The van der Waals surface area contributed by atoms with Crippen molar-refractivity contribution in [1.82, 2.24) is 5.32 Å². The Morgan fingerprint density at radius 2 is 1.26 bits per heavy atom. The van der Waals surface area contributed by atoms with Crippen LogP contribution in [0.25, 0.3) is 0 Å². The summed E-state index contributed by atoms with van der Waals surface area (Å²) in [6.07, 6.45) is 9.34. The highest BCUT2D eigenvalue weighted by molar-refractivity contribution is 5.19. The van der Waals surface area contributed by atoms with Crippen molar-refractivity contribution in [3.05, 3.63) is 71.8 Å². The zero-order chi connectivity index (χ0) is 15.7. The van der Waals surface area contributed by atoms with Crippen molar-refractivity contribution in [3.63, 3.8) is 0 Å². The molecule has 0 atom stereocenters. The molecule has 0 saturated heterocycles. The lowest BCUT2D eigenvalue weighted by Crippen LogP contribution is -2.37. The highest BCUT2D eigenvalue weighted by atomic mass is 14.9. The Labute approximate surface area is 141 Å². The van der Waals surface area contributed by atoms with E-state index < -0.39 is 0 Å². The molecule has 0 unspecified atom stereocenters. The third-order valence-electron chi connectivity index (χ3n) is 5.07. The molecule has 1 fully saturated rings. The zero-order valence-electron chi connectivity index (χ0n) is 14.1. The summed E-state index contributed by atoms with van der Waals surface area (Å²) >= 11 is 0. The van der Waals surface area contributed by atoms with Crippen molar-refractivity contribution >= 4 is 0 Å². The molecule has 0 radical (unpaired) electrons. The molecule has 0 bridgehead atoms. The fourth-order valence-electron chi connectivity index (χ4n) is 3.74. The minimum atomic E-state index is 0.529. The highest BCUT2D eigenvalue weighted by Crippen LogP contribution is 2.23. The lowest BCUT2D eigenvalue weighted by atomic mass is 9.88. The van der Waals surface area contributed by atoms with Crippen LogP contribution in [0.1, 0.15) is 43.2 Å². The summed E-state index contributed by atoms with van der Waals surface area (Å²) < 4.78 is 0. The Balaban J connectivity index is 1.60. The smallest absolute Gasteiger partial charge is 0.0148 e. The van der Waals surface area contributed by atoms with Gasteiger partial charge in [-0.05, 0) is 49.3 Å². The number of nitrogens with one attached hydrogen (secondary N) is 1. The molecule has 2 aromatic carbocycles. The maximum Gasteiger partial charge on any atom is 0.0148 e. The molecule has 23 heavy (non-hydrogen) atoms. The summed E-state index contributed by atoms with van der Waals surface area (Å²) in [5, 5.41) is 3.89. The maximum absolute atomic E-state index is 3.89. The van der Waals surface area contributed by atoms with Gasteiger partial charge in [0.05, 0.1) is 0 Å². The van der Waals surface area contributed by atoms with E-state index in [-0.39, 0.29) is 0 Å². The van der Waals surface area contributed by atoms with Gasteiger partial charge in [0.25, 0.3) is 0 Å². The Kier molecular flexibility index (Phi) is 6.28. The fourth-order valence-corrected chi connectivity index (χ4v) is 3.74. The van der Waals surface area contributed by atoms with Crippen LogP contribution in [0.4, 0.5) is 0 Å². The van der Waals surface area contributed by atoms with Gasteiger partial charge in [-0.15, -0.1) is 0 Å². The number of benzene rings is 2. The van der Waals surface area contributed by atoms with E-state index in [4.69, 9.17) is 0 Å². The van der Waals surface area contributed by atoms with E-state index in [1.807, 2.05) is 0 Å². The van der Waals surface area contributed by atoms with E-state index in [9.17, 15) is 0 Å². The van der Waals surface area contributed by atoms with Crippen LogP contribution in [0.5, 0.6) is 0 Å². The van der Waals surface area contributed by atoms with Crippen LogP contribution < -0.4 is 5.32 Å². The van der Waals surface area contributed by atoms with Gasteiger partial charge in [0.2, 0.25) is 0 Å². The van der Waals surface area contributed by atoms with Gasteiger partial charge in [-0.3, -0.25) is 0 Å². The summed E-state index contributed by atoms with van der Waals surface area (Å²) in [6, 6.07) is 22.3. The monoisotopic (exact) mass is 307 g/mol. The minimum Gasteiger partial charge on any atom is -0.313 e. The molecule has 1 N–H and O–H groups in total. The first kappa shape index (κ1) is 16.3. The van der Waals surface area contributed by atoms with E-state index in [2.05, 4.69) is 66.0 Å². The summed E-state index contributed by atoms with van der Waals surface area (Å²) in [5.41, 5.74) is 2.87. The van der Waals surface area contributed by atoms with Crippen LogP contribution >= 0.6 is 0 Å². The molecule has 1 aliphatic carbocycles. The second kappa shape index (κ2) is 8.88. The first-order valence-corrected chi connectivity index (χ1v) is 9.21. The summed E-state index contributed by atoms with van der Waals surface area (Å²) in [4.78, 5) is 0. The summed E-state index contributed by atoms with van der Waals surface area (Å²) in [6.45, 7) is 1.18. The normalized spacial score (nSPS) is 15.9. The lowest BCUT2D eigenvalue weighted by Gasteiger charge is -2.26. The molecule has 3 rings (SSSR count). The first-order valence-electron chi connectivity index (χ1n) is 9.21. The van der Waals surface area contributed by atoms with E-state index >= 15 is 0 Å². The number of hydrogen-bond acceptors (Lipinski definition) is 1. The van der Waals surface area contributed by atoms with E-state index in [0.29, 0.717) is 6.04 Å². The van der Waals surface area contributed by atoms with Gasteiger partial charge in [0, 0.05) is 6.04 Å². The second-order valence-corrected chi connectivity index (χ2v) is 6.99. The molecule has 0 aliphatic heterocycles. The molecule has 0 aromatic heterocycles. The fraction of sp³-hybridized carbons (Fsp3) is 0.455. The first-order chi connectivity index (χ1) is 11.4. The third kappa shape index (κ3) is 5.51. The molecule has 1 heteroatoms. The van der Waals surface area contributed by atoms with Crippen LogP contribution in [0.15, 0.2) is 60.7 Å². The molecular formula is C22H29N. The van der Waals surface area contributed by atoms with Crippen LogP contribution in [-0.4, -0.2) is 12.6 Å². The molecule has 122 valence electrons. The van der Waals surface area contributed by atoms with Gasteiger partial charge in [-0.25, -0.2) is 0 Å². The van der Waals surface area contributed by atoms with Gasteiger partial charge in [-0.1, -0.05) is 79.9 Å². The van der Waals surface area contributed by atoms with Gasteiger partial charge in [-0.2, -0.15) is 0 Å². The van der Waals surface area contributed by atoms with Crippen LogP contribution in [0, 0.1) is 5.92 Å². The van der Waals surface area contributed by atoms with E-state index in [1.165, 1.54) is 49.8 Å². The Morgan fingerprint density at radius 1 is 0.739 bits per heavy atom. The van der Waals surface area contributed by atoms with E-state index in [0.717, 1.165) is 18.8 Å². The summed E-state index contributed by atoms with van der Waals surface area (Å²) in [7, 11) is 0. The lowest BCUT2D eigenvalue weighted by molar-refractivity contribution is 0.325. The molecule has 1 nitrogen and oxygen atoms in total. The molecular weight excluding hydrogens is 278 g/mol. The quantitative estimate of drug-likeness (QED) is 0.758. The van der Waals surface area contributed by atoms with Crippen LogP contribution in [-0.2, 0) is 12.8 Å². The third-order valence-corrected chi connectivity index (χ3v) is 5.07. The van der Waals surface area contributed by atoms with Crippen molar-refractivity contribution < 1.29 is 0 Å². The molecule has 0 spiro atoms. The van der Waals surface area contributed by atoms with Crippen molar-refractivity contribution in [2.45, 2.75) is 51.0 Å². The van der Waals surface area contributed by atoms with Crippen LogP contribution in [0.3, 0.4) is 0 Å². The van der Waals surface area contributed by atoms with Crippen LogP contribution in [0.2, 0.25) is 0 Å². The SMILES string of the molecule is c1ccc(CC(Cc2ccccc2)NCC2CCCCC2)cc1. The van der Waals surface area contributed by atoms with Crippen molar-refractivity contribution in [2.24, 2.45) is 5.92 Å². The zero-order valence-corrected chi connectivity index (χ0v) is 14.1. The Morgan fingerprint density at radius 3 is 1.78 bits per heavy atom. The average Bonchev–Trinajstić information content (AvgIpc) is 2.62. The largest absolute Gasteiger partial charge is 0.313 e. The minimum absolute atomic E-state index is 0.529. The summed E-state index contributed by atoms with van der Waals surface area (Å²) in [5.74, 6) is 0.887. The average molecular weight is 307 g/mol. The topological polar surface area (TPSA) is 12.0 Å². The van der Waals surface area contributed by atoms with Gasteiger partial charge >= 0.3 is 0 Å². The molecule has 2 aromatic rings. The highest BCUT2D eigenvalue weighted by Gasteiger charge is 2.16. The molecule has 1 aliphatic rings. The van der Waals surface area contributed by atoms with Gasteiger partial charge < -0.3 is 5.32 Å². The van der Waals surface area contributed by atoms with Crippen molar-refractivity contribution in [1.29, 1.82) is 0 Å². The predicted octanol–water partition coefficient (Wildman–Crippen LogP) is 5.01. The Bertz CT molecular complexity index is 501. The standard InChI is InChI=1S/C22H29N/c1-4-10-19(11-5-1)16-22(17-20-12-6-2-7-13-20)23-18-21-14-8-3-9-15-21/h1-2,4-7,10-13,21-23H,3,8-9,14-18H2. The number of hydrogen-bond donors (Lipinski definition) is 1. The molecule has 0 amide bonds. The maximum atomic E-state index is 3.89. The predicted molar refractivity (Wildman–Crippen MR) is 98.7 cm³/mol. The second-order valence-electron chi connectivity index (χ2n) is 6.99. The van der Waals surface area contributed by atoms with E-state index in [1.54, 1.807) is 0 Å². The Hall–Kier alpha value is -1.60. The molecule has 0 heterocycles. The van der Waals surface area contributed by atoms with Gasteiger partial charge in [0.1, 0.15) is 0 Å². The molecule has 1 saturated carbocycles. The number of rotatable bonds is 7. The van der Waals surface area contributed by atoms with Gasteiger partial charge in [0.15, 0.2) is 0 Å². The van der Waals surface area contributed by atoms with Crippen molar-refractivity contribution in [2.75, 3.05) is 6.54 Å². The van der Waals surface area contributed by atoms with Crippen molar-refractivity contribution in [3.8, 4) is 0 Å².